The third-order valence-corrected chi connectivity index (χ3v) is 4.37. The number of rotatable bonds is 6. The minimum absolute atomic E-state index is 0.0584. The summed E-state index contributed by atoms with van der Waals surface area (Å²) >= 11 is 0. The van der Waals surface area contributed by atoms with Crippen LogP contribution in [0.3, 0.4) is 0 Å². The maximum absolute atomic E-state index is 12.4. The normalized spacial score (nSPS) is 18.3. The van der Waals surface area contributed by atoms with Crippen molar-refractivity contribution in [3.63, 3.8) is 0 Å². The topological polar surface area (TPSA) is 84.9 Å². The van der Waals surface area contributed by atoms with Gasteiger partial charge in [0.05, 0.1) is 14.2 Å². The van der Waals surface area contributed by atoms with E-state index in [-0.39, 0.29) is 29.1 Å². The number of carbonyl (C=O) groups excluding carboxylic acids is 1. The van der Waals surface area contributed by atoms with Crippen LogP contribution in [0.4, 0.5) is 5.69 Å². The summed E-state index contributed by atoms with van der Waals surface area (Å²) in [5.74, 6) is -0.0316. The number of hydrogen-bond donors (Lipinski definition) is 2. The van der Waals surface area contributed by atoms with Gasteiger partial charge in [0, 0.05) is 17.7 Å². The van der Waals surface area contributed by atoms with Crippen LogP contribution in [-0.2, 0) is 4.79 Å². The zero-order valence-corrected chi connectivity index (χ0v) is 14.0. The molecule has 0 saturated heterocycles. The first kappa shape index (κ1) is 16.8. The van der Waals surface area contributed by atoms with Crippen LogP contribution in [0.15, 0.2) is 42.5 Å². The van der Waals surface area contributed by atoms with E-state index in [9.17, 15) is 9.59 Å². The van der Waals surface area contributed by atoms with Crippen molar-refractivity contribution in [1.29, 1.82) is 0 Å². The number of ether oxygens (including phenoxy) is 2. The van der Waals surface area contributed by atoms with E-state index in [2.05, 4.69) is 5.32 Å². The Bertz CT molecular complexity index is 800. The molecular weight excluding hydrogens is 322 g/mol. The molecule has 1 aliphatic rings. The highest BCUT2D eigenvalue weighted by Crippen LogP contribution is 2.48. The Labute approximate surface area is 145 Å². The summed E-state index contributed by atoms with van der Waals surface area (Å²) in [5.41, 5.74) is 1.69. The summed E-state index contributed by atoms with van der Waals surface area (Å²) in [6, 6.07) is 12.2. The smallest absolute Gasteiger partial charge is 0.339 e. The van der Waals surface area contributed by atoms with E-state index < -0.39 is 5.97 Å². The number of anilines is 1. The summed E-state index contributed by atoms with van der Waals surface area (Å²) in [7, 11) is 3.01. The number of nitrogens with one attached hydrogen (secondary N) is 1. The van der Waals surface area contributed by atoms with Crippen LogP contribution in [-0.4, -0.2) is 31.2 Å². The summed E-state index contributed by atoms with van der Waals surface area (Å²) in [5, 5.41) is 11.9. The predicted octanol–water partition coefficient (Wildman–Crippen LogP) is 3.14. The SMILES string of the molecule is COc1ccc([C@@H]2C[C@H]2C(=O)Nc2ccc(C(=O)O)c(OC)c2)cc1. The van der Waals surface area contributed by atoms with Gasteiger partial charge < -0.3 is 19.9 Å². The number of aromatic carboxylic acids is 1. The van der Waals surface area contributed by atoms with Gasteiger partial charge in [-0.05, 0) is 42.2 Å². The quantitative estimate of drug-likeness (QED) is 0.843. The number of carbonyl (C=O) groups is 2. The maximum Gasteiger partial charge on any atom is 0.339 e. The fourth-order valence-corrected chi connectivity index (χ4v) is 2.88. The fourth-order valence-electron chi connectivity index (χ4n) is 2.88. The van der Waals surface area contributed by atoms with Crippen LogP contribution >= 0.6 is 0 Å². The molecule has 0 bridgehead atoms. The zero-order chi connectivity index (χ0) is 18.0. The molecule has 1 amide bonds. The molecule has 1 saturated carbocycles. The molecule has 3 rings (SSSR count). The van der Waals surface area contributed by atoms with Gasteiger partial charge in [-0.2, -0.15) is 0 Å². The van der Waals surface area contributed by atoms with E-state index in [4.69, 9.17) is 14.6 Å². The Morgan fingerprint density at radius 1 is 1.08 bits per heavy atom. The van der Waals surface area contributed by atoms with Gasteiger partial charge >= 0.3 is 5.97 Å². The number of hydrogen-bond acceptors (Lipinski definition) is 4. The third-order valence-electron chi connectivity index (χ3n) is 4.37. The molecule has 2 N–H and O–H groups in total. The molecule has 130 valence electrons. The van der Waals surface area contributed by atoms with Crippen LogP contribution in [0.25, 0.3) is 0 Å². The zero-order valence-electron chi connectivity index (χ0n) is 14.0. The van der Waals surface area contributed by atoms with Crippen molar-refractivity contribution < 1.29 is 24.2 Å². The van der Waals surface area contributed by atoms with Crippen LogP contribution < -0.4 is 14.8 Å². The lowest BCUT2D eigenvalue weighted by atomic mass is 10.1. The molecule has 0 radical (unpaired) electrons. The van der Waals surface area contributed by atoms with E-state index in [0.717, 1.165) is 17.7 Å². The summed E-state index contributed by atoms with van der Waals surface area (Å²) < 4.78 is 10.2. The summed E-state index contributed by atoms with van der Waals surface area (Å²) in [6.45, 7) is 0. The first-order valence-electron chi connectivity index (χ1n) is 7.89. The van der Waals surface area contributed by atoms with E-state index >= 15 is 0 Å². The van der Waals surface area contributed by atoms with Crippen molar-refractivity contribution in [1.82, 2.24) is 0 Å². The van der Waals surface area contributed by atoms with Crippen molar-refractivity contribution in [2.75, 3.05) is 19.5 Å². The molecule has 0 heterocycles. The van der Waals surface area contributed by atoms with E-state index in [1.807, 2.05) is 24.3 Å². The number of benzene rings is 2. The van der Waals surface area contributed by atoms with Gasteiger partial charge in [0.2, 0.25) is 5.91 Å². The molecular formula is C19H19NO5. The molecule has 6 heteroatoms. The predicted molar refractivity (Wildman–Crippen MR) is 92.4 cm³/mol. The molecule has 2 atom stereocenters. The molecule has 1 aliphatic carbocycles. The molecule has 2 aromatic rings. The van der Waals surface area contributed by atoms with Crippen molar-refractivity contribution in [3.8, 4) is 11.5 Å². The van der Waals surface area contributed by atoms with E-state index in [1.165, 1.54) is 19.2 Å². The van der Waals surface area contributed by atoms with Gasteiger partial charge in [0.15, 0.2) is 0 Å². The van der Waals surface area contributed by atoms with Gasteiger partial charge in [-0.3, -0.25) is 4.79 Å². The molecule has 0 aromatic heterocycles. The first-order chi connectivity index (χ1) is 12.0. The minimum Gasteiger partial charge on any atom is -0.497 e. The van der Waals surface area contributed by atoms with Crippen LogP contribution in [0.2, 0.25) is 0 Å². The molecule has 6 nitrogen and oxygen atoms in total. The average molecular weight is 341 g/mol. The first-order valence-corrected chi connectivity index (χ1v) is 7.89. The van der Waals surface area contributed by atoms with E-state index in [0.29, 0.717) is 5.69 Å². The van der Waals surface area contributed by atoms with Crippen molar-refractivity contribution in [2.24, 2.45) is 5.92 Å². The van der Waals surface area contributed by atoms with Crippen molar-refractivity contribution in [2.45, 2.75) is 12.3 Å². The molecule has 0 aliphatic heterocycles. The Morgan fingerprint density at radius 2 is 1.80 bits per heavy atom. The van der Waals surface area contributed by atoms with Gasteiger partial charge in [-0.1, -0.05) is 12.1 Å². The molecule has 2 aromatic carbocycles. The monoisotopic (exact) mass is 341 g/mol. The number of amides is 1. The Kier molecular flexibility index (Phi) is 4.61. The van der Waals surface area contributed by atoms with Gasteiger partial charge in [-0.25, -0.2) is 4.79 Å². The lowest BCUT2D eigenvalue weighted by Gasteiger charge is -2.09. The maximum atomic E-state index is 12.4. The van der Waals surface area contributed by atoms with Gasteiger partial charge in [0.1, 0.15) is 17.1 Å². The third kappa shape index (κ3) is 3.57. The Balaban J connectivity index is 1.66. The Morgan fingerprint density at radius 3 is 2.40 bits per heavy atom. The standard InChI is InChI=1S/C19H19NO5/c1-24-13-6-3-11(4-7-13)15-10-16(15)18(21)20-12-5-8-14(19(22)23)17(9-12)25-2/h3-9,15-16H,10H2,1-2H3,(H,20,21)(H,22,23)/t15-,16+/m0/s1. The molecule has 1 fully saturated rings. The second-order valence-corrected chi connectivity index (χ2v) is 5.93. The van der Waals surface area contributed by atoms with Crippen molar-refractivity contribution >= 4 is 17.6 Å². The molecule has 0 spiro atoms. The Hall–Kier alpha value is -3.02. The number of carboxylic acid groups (broad SMARTS) is 1. The average Bonchev–Trinajstić information content (AvgIpc) is 3.42. The highest BCUT2D eigenvalue weighted by atomic mass is 16.5. The summed E-state index contributed by atoms with van der Waals surface area (Å²) in [6.07, 6.45) is 0.794. The van der Waals surface area contributed by atoms with Crippen molar-refractivity contribution in [3.05, 3.63) is 53.6 Å². The fraction of sp³-hybridized carbons (Fsp3) is 0.263. The largest absolute Gasteiger partial charge is 0.497 e. The number of carboxylic acids is 1. The van der Waals surface area contributed by atoms with Gasteiger partial charge in [0.25, 0.3) is 0 Å². The highest BCUT2D eigenvalue weighted by molar-refractivity contribution is 5.97. The lowest BCUT2D eigenvalue weighted by Crippen LogP contribution is -2.15. The number of methoxy groups -OCH3 is 2. The molecule has 25 heavy (non-hydrogen) atoms. The van der Waals surface area contributed by atoms with Crippen LogP contribution in [0.1, 0.15) is 28.3 Å². The second kappa shape index (κ2) is 6.84. The summed E-state index contributed by atoms with van der Waals surface area (Å²) in [4.78, 5) is 23.5. The van der Waals surface area contributed by atoms with E-state index in [1.54, 1.807) is 13.2 Å². The minimum atomic E-state index is -1.07. The lowest BCUT2D eigenvalue weighted by molar-refractivity contribution is -0.117. The second-order valence-electron chi connectivity index (χ2n) is 5.93. The van der Waals surface area contributed by atoms with Gasteiger partial charge in [-0.15, -0.1) is 0 Å². The van der Waals surface area contributed by atoms with Crippen LogP contribution in [0.5, 0.6) is 11.5 Å². The highest BCUT2D eigenvalue weighted by Gasteiger charge is 2.43. The van der Waals surface area contributed by atoms with Crippen LogP contribution in [0, 0.1) is 5.92 Å². The molecule has 0 unspecified atom stereocenters.